The van der Waals surface area contributed by atoms with Crippen LogP contribution in [-0.4, -0.2) is 48.8 Å². The van der Waals surface area contributed by atoms with Crippen LogP contribution >= 0.6 is 0 Å². The molecule has 0 saturated heterocycles. The van der Waals surface area contributed by atoms with Gasteiger partial charge in [-0.3, -0.25) is 9.69 Å². The molecule has 1 rings (SSSR count). The van der Waals surface area contributed by atoms with Gasteiger partial charge in [-0.2, -0.15) is 0 Å². The Morgan fingerprint density at radius 3 is 2.69 bits per heavy atom. The molecule has 0 amide bonds. The molecule has 1 aliphatic carbocycles. The second kappa shape index (κ2) is 5.19. The Labute approximate surface area is 78.5 Å². The summed E-state index contributed by atoms with van der Waals surface area (Å²) in [5, 5.41) is 8.53. The maximum Gasteiger partial charge on any atom is 0.304 e. The van der Waals surface area contributed by atoms with Gasteiger partial charge in [-0.25, -0.2) is 0 Å². The van der Waals surface area contributed by atoms with Gasteiger partial charge in [0.05, 0.1) is 13.0 Å². The first kappa shape index (κ1) is 10.5. The van der Waals surface area contributed by atoms with E-state index < -0.39 is 5.97 Å². The molecule has 4 nitrogen and oxygen atoms in total. The van der Waals surface area contributed by atoms with Gasteiger partial charge in [-0.15, -0.1) is 0 Å². The second-order valence-electron chi connectivity index (χ2n) is 3.40. The molecule has 1 N–H and O–H groups in total. The predicted molar refractivity (Wildman–Crippen MR) is 48.7 cm³/mol. The van der Waals surface area contributed by atoms with E-state index in [1.807, 2.05) is 0 Å². The molecular formula is C9H17NO3. The Bertz CT molecular complexity index is 168. The van der Waals surface area contributed by atoms with E-state index in [4.69, 9.17) is 9.84 Å². The van der Waals surface area contributed by atoms with Gasteiger partial charge < -0.3 is 9.84 Å². The van der Waals surface area contributed by atoms with E-state index in [1.54, 1.807) is 7.11 Å². The molecular weight excluding hydrogens is 170 g/mol. The summed E-state index contributed by atoms with van der Waals surface area (Å²) in [6.07, 6.45) is 2.66. The zero-order valence-corrected chi connectivity index (χ0v) is 8.03. The number of rotatable bonds is 7. The van der Waals surface area contributed by atoms with E-state index >= 15 is 0 Å². The van der Waals surface area contributed by atoms with Crippen molar-refractivity contribution in [1.29, 1.82) is 0 Å². The van der Waals surface area contributed by atoms with Gasteiger partial charge in [0.15, 0.2) is 0 Å². The summed E-state index contributed by atoms with van der Waals surface area (Å²) in [4.78, 5) is 12.6. The SMILES string of the molecule is COCCN(CCC(=O)O)C1CC1. The van der Waals surface area contributed by atoms with E-state index in [9.17, 15) is 4.79 Å². The van der Waals surface area contributed by atoms with Crippen LogP contribution in [0.3, 0.4) is 0 Å². The summed E-state index contributed by atoms with van der Waals surface area (Å²) >= 11 is 0. The van der Waals surface area contributed by atoms with Crippen LogP contribution in [-0.2, 0) is 9.53 Å². The molecule has 76 valence electrons. The summed E-state index contributed by atoms with van der Waals surface area (Å²) in [6.45, 7) is 2.20. The summed E-state index contributed by atoms with van der Waals surface area (Å²) in [6, 6.07) is 0.620. The van der Waals surface area contributed by atoms with Crippen molar-refractivity contribution in [3.05, 3.63) is 0 Å². The first-order valence-electron chi connectivity index (χ1n) is 4.69. The summed E-state index contributed by atoms with van der Waals surface area (Å²) in [5.74, 6) is -0.719. The highest BCUT2D eigenvalue weighted by Crippen LogP contribution is 2.26. The van der Waals surface area contributed by atoms with Crippen molar-refractivity contribution in [3.8, 4) is 0 Å². The molecule has 0 atom stereocenters. The van der Waals surface area contributed by atoms with Gasteiger partial charge >= 0.3 is 5.97 Å². The summed E-state index contributed by atoms with van der Waals surface area (Å²) in [7, 11) is 1.67. The Morgan fingerprint density at radius 2 is 2.23 bits per heavy atom. The molecule has 4 heteroatoms. The largest absolute Gasteiger partial charge is 0.481 e. The van der Waals surface area contributed by atoms with Crippen LogP contribution in [0.4, 0.5) is 0 Å². The lowest BCUT2D eigenvalue weighted by atomic mass is 10.3. The van der Waals surface area contributed by atoms with E-state index in [0.29, 0.717) is 19.2 Å². The molecule has 0 unspecified atom stereocenters. The molecule has 0 radical (unpaired) electrons. The third-order valence-corrected chi connectivity index (χ3v) is 2.26. The van der Waals surface area contributed by atoms with Gasteiger partial charge in [-0.05, 0) is 12.8 Å². The quantitative estimate of drug-likeness (QED) is 0.633. The zero-order valence-electron chi connectivity index (χ0n) is 8.03. The molecule has 0 heterocycles. The van der Waals surface area contributed by atoms with Crippen molar-refractivity contribution >= 4 is 5.97 Å². The molecule has 0 aromatic heterocycles. The number of hydrogen-bond acceptors (Lipinski definition) is 3. The van der Waals surface area contributed by atoms with E-state index in [-0.39, 0.29) is 6.42 Å². The minimum Gasteiger partial charge on any atom is -0.481 e. The Kier molecular flexibility index (Phi) is 4.18. The standard InChI is InChI=1S/C9H17NO3/c1-13-7-6-10(8-2-3-8)5-4-9(11)12/h8H,2-7H2,1H3,(H,11,12). The molecule has 1 fully saturated rings. The van der Waals surface area contributed by atoms with Crippen molar-refractivity contribution in [2.24, 2.45) is 0 Å². The van der Waals surface area contributed by atoms with Crippen LogP contribution in [0.25, 0.3) is 0 Å². The highest BCUT2D eigenvalue weighted by molar-refractivity contribution is 5.66. The average molecular weight is 187 g/mol. The van der Waals surface area contributed by atoms with Crippen molar-refractivity contribution in [3.63, 3.8) is 0 Å². The van der Waals surface area contributed by atoms with Crippen LogP contribution in [0.15, 0.2) is 0 Å². The van der Waals surface area contributed by atoms with Gasteiger partial charge in [0.1, 0.15) is 0 Å². The number of nitrogens with zero attached hydrogens (tertiary/aromatic N) is 1. The lowest BCUT2D eigenvalue weighted by molar-refractivity contribution is -0.137. The lowest BCUT2D eigenvalue weighted by Gasteiger charge is -2.20. The average Bonchev–Trinajstić information content (AvgIpc) is 2.87. The first-order valence-corrected chi connectivity index (χ1v) is 4.69. The zero-order chi connectivity index (χ0) is 9.68. The molecule has 0 spiro atoms. The lowest BCUT2D eigenvalue weighted by Crippen LogP contribution is -2.31. The third kappa shape index (κ3) is 4.24. The number of methoxy groups -OCH3 is 1. The Hall–Kier alpha value is -0.610. The fourth-order valence-electron chi connectivity index (χ4n) is 1.36. The van der Waals surface area contributed by atoms with Gasteiger partial charge in [0, 0.05) is 26.2 Å². The number of ether oxygens (including phenoxy) is 1. The van der Waals surface area contributed by atoms with Crippen LogP contribution in [0, 0.1) is 0 Å². The van der Waals surface area contributed by atoms with Crippen LogP contribution < -0.4 is 0 Å². The van der Waals surface area contributed by atoms with Crippen LogP contribution in [0.2, 0.25) is 0 Å². The van der Waals surface area contributed by atoms with Gasteiger partial charge in [0.2, 0.25) is 0 Å². The minimum atomic E-state index is -0.719. The normalized spacial score (nSPS) is 16.5. The highest BCUT2D eigenvalue weighted by atomic mass is 16.5. The van der Waals surface area contributed by atoms with Crippen molar-refractivity contribution < 1.29 is 14.6 Å². The highest BCUT2D eigenvalue weighted by Gasteiger charge is 2.28. The van der Waals surface area contributed by atoms with Gasteiger partial charge in [0.25, 0.3) is 0 Å². The first-order chi connectivity index (χ1) is 6.24. The van der Waals surface area contributed by atoms with Crippen LogP contribution in [0.1, 0.15) is 19.3 Å². The monoisotopic (exact) mass is 187 g/mol. The van der Waals surface area contributed by atoms with Crippen molar-refractivity contribution in [2.75, 3.05) is 26.8 Å². The van der Waals surface area contributed by atoms with Crippen LogP contribution in [0.5, 0.6) is 0 Å². The number of carboxylic acids is 1. The summed E-state index contributed by atoms with van der Waals surface area (Å²) < 4.78 is 4.97. The molecule has 0 bridgehead atoms. The Balaban J connectivity index is 2.17. The molecule has 1 aliphatic rings. The van der Waals surface area contributed by atoms with Crippen molar-refractivity contribution in [1.82, 2.24) is 4.90 Å². The van der Waals surface area contributed by atoms with E-state index in [0.717, 1.165) is 6.54 Å². The topological polar surface area (TPSA) is 49.8 Å². The molecule has 0 aromatic carbocycles. The second-order valence-corrected chi connectivity index (χ2v) is 3.40. The maximum absolute atomic E-state index is 10.4. The predicted octanol–water partition coefficient (Wildman–Crippen LogP) is 0.572. The molecule has 1 saturated carbocycles. The third-order valence-electron chi connectivity index (χ3n) is 2.26. The van der Waals surface area contributed by atoms with Crippen molar-refractivity contribution in [2.45, 2.75) is 25.3 Å². The number of carbonyl (C=O) groups is 1. The number of hydrogen-bond donors (Lipinski definition) is 1. The van der Waals surface area contributed by atoms with E-state index in [1.165, 1.54) is 12.8 Å². The molecule has 0 aliphatic heterocycles. The maximum atomic E-state index is 10.4. The number of carboxylic acid groups (broad SMARTS) is 1. The fraction of sp³-hybridized carbons (Fsp3) is 0.889. The number of aliphatic carboxylic acids is 1. The Morgan fingerprint density at radius 1 is 1.54 bits per heavy atom. The van der Waals surface area contributed by atoms with E-state index in [2.05, 4.69) is 4.90 Å². The molecule has 13 heavy (non-hydrogen) atoms. The summed E-state index contributed by atoms with van der Waals surface area (Å²) in [5.41, 5.74) is 0. The molecule has 0 aromatic rings. The van der Waals surface area contributed by atoms with Gasteiger partial charge in [-0.1, -0.05) is 0 Å². The fourth-order valence-corrected chi connectivity index (χ4v) is 1.36. The smallest absolute Gasteiger partial charge is 0.304 e. The minimum absolute atomic E-state index is 0.236.